The van der Waals surface area contributed by atoms with Crippen molar-refractivity contribution in [3.8, 4) is 0 Å². The molecule has 9 heteroatoms. The number of nitrogens with zero attached hydrogens (tertiary/aromatic N) is 4. The molecule has 0 saturated carbocycles. The van der Waals surface area contributed by atoms with Crippen molar-refractivity contribution in [1.29, 1.82) is 5.41 Å². The molecule has 2 aromatic heterocycles. The van der Waals surface area contributed by atoms with Gasteiger partial charge in [-0.1, -0.05) is 0 Å². The lowest BCUT2D eigenvalue weighted by molar-refractivity contribution is -0.0207. The summed E-state index contributed by atoms with van der Waals surface area (Å²) in [6.45, 7) is -0.0301. The number of hydrogen-bond acceptors (Lipinski definition) is 6. The Hall–Kier alpha value is -1.64. The van der Waals surface area contributed by atoms with Crippen LogP contribution in [0.2, 0.25) is 5.28 Å². The molecule has 0 radical (unpaired) electrons. The summed E-state index contributed by atoms with van der Waals surface area (Å²) in [5.74, 6) is 0. The molecule has 1 aliphatic rings. The van der Waals surface area contributed by atoms with E-state index in [1.54, 1.807) is 4.57 Å². The zero-order valence-electron chi connectivity index (χ0n) is 9.82. The van der Waals surface area contributed by atoms with Gasteiger partial charge in [-0.2, -0.15) is 4.98 Å². The Labute approximate surface area is 112 Å². The van der Waals surface area contributed by atoms with Crippen LogP contribution in [0.5, 0.6) is 0 Å². The standard InChI is InChI=1S/C10H12ClN5O3/c11-10-14-9-7(8(12)16(10)18)13-4-15(9)6-2-1-5(3-17)19-6/h4-6,12,17-18H,1-3H2/t5-,6+/m0/s1. The first kappa shape index (κ1) is 12.4. The number of fused-ring (bicyclic) bond motifs is 1. The number of halogens is 1. The minimum absolute atomic E-state index is 0.0301. The number of nitrogens with one attached hydrogen (secondary N) is 1. The van der Waals surface area contributed by atoms with Crippen LogP contribution in [0.4, 0.5) is 0 Å². The zero-order valence-corrected chi connectivity index (χ0v) is 10.6. The third-order valence-corrected chi connectivity index (χ3v) is 3.42. The van der Waals surface area contributed by atoms with Gasteiger partial charge < -0.3 is 15.1 Å². The molecule has 0 unspecified atom stereocenters. The van der Waals surface area contributed by atoms with Crippen molar-refractivity contribution in [2.75, 3.05) is 6.61 Å². The lowest BCUT2D eigenvalue weighted by atomic mass is 10.2. The largest absolute Gasteiger partial charge is 0.424 e. The highest BCUT2D eigenvalue weighted by Gasteiger charge is 2.28. The van der Waals surface area contributed by atoms with Gasteiger partial charge in [-0.25, -0.2) is 4.98 Å². The van der Waals surface area contributed by atoms with Gasteiger partial charge in [0.1, 0.15) is 6.23 Å². The van der Waals surface area contributed by atoms with Crippen molar-refractivity contribution in [3.63, 3.8) is 0 Å². The first-order chi connectivity index (χ1) is 9.11. The number of aromatic nitrogens is 4. The number of hydrogen-bond donors (Lipinski definition) is 3. The van der Waals surface area contributed by atoms with Crippen LogP contribution in [-0.2, 0) is 4.74 Å². The predicted octanol–water partition coefficient (Wildman–Crippen LogP) is 0.273. The molecule has 0 aliphatic carbocycles. The summed E-state index contributed by atoms with van der Waals surface area (Å²) in [5, 5.41) is 26.1. The average molecular weight is 286 g/mol. The summed E-state index contributed by atoms with van der Waals surface area (Å²) in [7, 11) is 0. The topological polar surface area (TPSA) is 109 Å². The van der Waals surface area contributed by atoms with Gasteiger partial charge in [0.2, 0.25) is 5.28 Å². The van der Waals surface area contributed by atoms with Gasteiger partial charge in [-0.05, 0) is 24.4 Å². The summed E-state index contributed by atoms with van der Waals surface area (Å²) < 4.78 is 7.76. The molecular weight excluding hydrogens is 274 g/mol. The van der Waals surface area contributed by atoms with Crippen LogP contribution >= 0.6 is 11.6 Å². The van der Waals surface area contributed by atoms with Crippen LogP contribution in [-0.4, -0.2) is 42.3 Å². The maximum Gasteiger partial charge on any atom is 0.240 e. The Balaban J connectivity index is 2.09. The molecule has 3 heterocycles. The van der Waals surface area contributed by atoms with E-state index in [1.165, 1.54) is 6.33 Å². The van der Waals surface area contributed by atoms with Crippen molar-refractivity contribution in [2.24, 2.45) is 0 Å². The zero-order chi connectivity index (χ0) is 13.6. The maximum atomic E-state index is 9.48. The molecule has 1 aliphatic heterocycles. The number of aliphatic hydroxyl groups excluding tert-OH is 1. The third kappa shape index (κ3) is 1.88. The van der Waals surface area contributed by atoms with Crippen LogP contribution in [0.3, 0.4) is 0 Å². The Morgan fingerprint density at radius 2 is 2.32 bits per heavy atom. The summed E-state index contributed by atoms with van der Waals surface area (Å²) in [5.41, 5.74) is 0.386. The quantitative estimate of drug-likeness (QED) is 0.542. The monoisotopic (exact) mass is 285 g/mol. The molecule has 0 aromatic carbocycles. The molecule has 2 atom stereocenters. The third-order valence-electron chi connectivity index (χ3n) is 3.18. The molecule has 3 rings (SSSR count). The predicted molar refractivity (Wildman–Crippen MR) is 63.8 cm³/mol. The van der Waals surface area contributed by atoms with E-state index in [9.17, 15) is 5.21 Å². The molecule has 19 heavy (non-hydrogen) atoms. The fourth-order valence-corrected chi connectivity index (χ4v) is 2.36. The van der Waals surface area contributed by atoms with Crippen molar-refractivity contribution in [3.05, 3.63) is 17.1 Å². The van der Waals surface area contributed by atoms with Gasteiger partial charge in [-0.3, -0.25) is 9.98 Å². The van der Waals surface area contributed by atoms with Crippen LogP contribution < -0.4 is 5.49 Å². The summed E-state index contributed by atoms with van der Waals surface area (Å²) >= 11 is 5.74. The minimum atomic E-state index is -0.292. The van der Waals surface area contributed by atoms with Crippen LogP contribution in [0.25, 0.3) is 11.2 Å². The highest BCUT2D eigenvalue weighted by Crippen LogP contribution is 2.29. The first-order valence-electron chi connectivity index (χ1n) is 5.77. The van der Waals surface area contributed by atoms with Crippen molar-refractivity contribution >= 4 is 22.8 Å². The maximum absolute atomic E-state index is 9.48. The molecule has 102 valence electrons. The van der Waals surface area contributed by atoms with E-state index >= 15 is 0 Å². The summed E-state index contributed by atoms with van der Waals surface area (Å²) in [6, 6.07) is 0. The lowest BCUT2D eigenvalue weighted by Crippen LogP contribution is -2.21. The molecule has 3 N–H and O–H groups in total. The second-order valence-electron chi connectivity index (χ2n) is 4.34. The molecule has 0 amide bonds. The SMILES string of the molecule is N=c1c2ncn([C@H]3CC[C@@H](CO)O3)c2nc(Cl)n1O. The number of ether oxygens (including phenoxy) is 1. The van der Waals surface area contributed by atoms with Gasteiger partial charge in [0, 0.05) is 0 Å². The molecule has 0 spiro atoms. The summed E-state index contributed by atoms with van der Waals surface area (Å²) in [6.07, 6.45) is 2.47. The van der Waals surface area contributed by atoms with E-state index in [1.807, 2.05) is 0 Å². The van der Waals surface area contributed by atoms with E-state index in [4.69, 9.17) is 26.9 Å². The van der Waals surface area contributed by atoms with Gasteiger partial charge in [0.25, 0.3) is 0 Å². The van der Waals surface area contributed by atoms with E-state index in [0.29, 0.717) is 10.4 Å². The normalized spacial score (nSPS) is 23.3. The van der Waals surface area contributed by atoms with E-state index in [-0.39, 0.29) is 35.2 Å². The van der Waals surface area contributed by atoms with Gasteiger partial charge >= 0.3 is 0 Å². The Morgan fingerprint density at radius 3 is 3.00 bits per heavy atom. The van der Waals surface area contributed by atoms with E-state index < -0.39 is 0 Å². The Kier molecular flexibility index (Phi) is 2.92. The first-order valence-corrected chi connectivity index (χ1v) is 6.15. The lowest BCUT2D eigenvalue weighted by Gasteiger charge is -2.14. The highest BCUT2D eigenvalue weighted by molar-refractivity contribution is 6.28. The second kappa shape index (κ2) is 4.48. The van der Waals surface area contributed by atoms with Crippen molar-refractivity contribution in [2.45, 2.75) is 25.2 Å². The van der Waals surface area contributed by atoms with E-state index in [0.717, 1.165) is 12.8 Å². The average Bonchev–Trinajstić information content (AvgIpc) is 3.01. The van der Waals surface area contributed by atoms with Crippen LogP contribution in [0.1, 0.15) is 19.1 Å². The minimum Gasteiger partial charge on any atom is -0.424 e. The molecule has 1 fully saturated rings. The second-order valence-corrected chi connectivity index (χ2v) is 4.68. The molecule has 8 nitrogen and oxygen atoms in total. The highest BCUT2D eigenvalue weighted by atomic mass is 35.5. The number of imidazole rings is 1. The van der Waals surface area contributed by atoms with Crippen molar-refractivity contribution in [1.82, 2.24) is 19.3 Å². The van der Waals surface area contributed by atoms with Gasteiger partial charge in [-0.15, -0.1) is 4.73 Å². The molecular formula is C10H12ClN5O3. The number of aliphatic hydroxyl groups is 1. The van der Waals surface area contributed by atoms with Gasteiger partial charge in [0.05, 0.1) is 19.0 Å². The van der Waals surface area contributed by atoms with Crippen LogP contribution in [0.15, 0.2) is 6.33 Å². The molecule has 2 aromatic rings. The Morgan fingerprint density at radius 1 is 1.53 bits per heavy atom. The van der Waals surface area contributed by atoms with E-state index in [2.05, 4.69) is 9.97 Å². The fourth-order valence-electron chi connectivity index (χ4n) is 2.20. The molecule has 0 bridgehead atoms. The van der Waals surface area contributed by atoms with Crippen molar-refractivity contribution < 1.29 is 15.1 Å². The molecule has 1 saturated heterocycles. The van der Waals surface area contributed by atoms with Gasteiger partial charge in [0.15, 0.2) is 16.7 Å². The number of rotatable bonds is 2. The Bertz CT molecular complexity index is 682. The fraction of sp³-hybridized carbons (Fsp3) is 0.500. The summed E-state index contributed by atoms with van der Waals surface area (Å²) in [4.78, 5) is 8.05. The van der Waals surface area contributed by atoms with Crippen LogP contribution in [0, 0.1) is 5.41 Å². The smallest absolute Gasteiger partial charge is 0.240 e.